The highest BCUT2D eigenvalue weighted by Crippen LogP contribution is 2.10. The maximum atomic E-state index is 11.2. The molecule has 0 aromatic rings. The molecule has 0 aromatic carbocycles. The first-order valence-electron chi connectivity index (χ1n) is 4.48. The molecular formula is C11H14O3. The van der Waals surface area contributed by atoms with Crippen molar-refractivity contribution >= 4 is 5.97 Å². The monoisotopic (exact) mass is 194 g/mol. The SMILES string of the molecule is C=CC=CCC(=C)C(=O)OCC1CO1. The van der Waals surface area contributed by atoms with E-state index in [0.717, 1.165) is 0 Å². The Labute approximate surface area is 83.7 Å². The second-order valence-corrected chi connectivity index (χ2v) is 3.03. The normalized spacial score (nSPS) is 19.3. The molecule has 1 rings (SSSR count). The lowest BCUT2D eigenvalue weighted by molar-refractivity contribution is -0.139. The van der Waals surface area contributed by atoms with Crippen molar-refractivity contribution in [1.82, 2.24) is 0 Å². The number of esters is 1. The molecule has 0 spiro atoms. The third-order valence-corrected chi connectivity index (χ3v) is 1.73. The van der Waals surface area contributed by atoms with Crippen LogP contribution >= 0.6 is 0 Å². The predicted octanol–water partition coefficient (Wildman–Crippen LogP) is 1.62. The van der Waals surface area contributed by atoms with Gasteiger partial charge in [0.2, 0.25) is 0 Å². The smallest absolute Gasteiger partial charge is 0.333 e. The van der Waals surface area contributed by atoms with E-state index < -0.39 is 0 Å². The largest absolute Gasteiger partial charge is 0.459 e. The summed E-state index contributed by atoms with van der Waals surface area (Å²) in [5, 5.41) is 0. The Bertz CT molecular complexity index is 262. The molecule has 0 radical (unpaired) electrons. The Morgan fingerprint density at radius 3 is 2.93 bits per heavy atom. The van der Waals surface area contributed by atoms with Crippen molar-refractivity contribution in [3.63, 3.8) is 0 Å². The van der Waals surface area contributed by atoms with E-state index in [-0.39, 0.29) is 12.1 Å². The average Bonchev–Trinajstić information content (AvgIpc) is 2.98. The minimum Gasteiger partial charge on any atom is -0.459 e. The zero-order valence-electron chi connectivity index (χ0n) is 8.07. The second-order valence-electron chi connectivity index (χ2n) is 3.03. The molecule has 0 aliphatic carbocycles. The van der Waals surface area contributed by atoms with Crippen molar-refractivity contribution in [2.45, 2.75) is 12.5 Å². The van der Waals surface area contributed by atoms with Crippen LogP contribution in [0.5, 0.6) is 0 Å². The molecule has 1 saturated heterocycles. The summed E-state index contributed by atoms with van der Waals surface area (Å²) in [6.45, 7) is 8.17. The minimum atomic E-state index is -0.353. The van der Waals surface area contributed by atoms with Crippen LogP contribution in [0.25, 0.3) is 0 Å². The molecule has 1 unspecified atom stereocenters. The van der Waals surface area contributed by atoms with Gasteiger partial charge in [-0.2, -0.15) is 0 Å². The van der Waals surface area contributed by atoms with Crippen molar-refractivity contribution in [3.8, 4) is 0 Å². The summed E-state index contributed by atoms with van der Waals surface area (Å²) in [4.78, 5) is 11.2. The number of carbonyl (C=O) groups is 1. The van der Waals surface area contributed by atoms with Crippen LogP contribution in [-0.2, 0) is 14.3 Å². The van der Waals surface area contributed by atoms with Gasteiger partial charge in [-0.05, 0) is 6.42 Å². The summed E-state index contributed by atoms with van der Waals surface area (Å²) in [7, 11) is 0. The lowest BCUT2D eigenvalue weighted by atomic mass is 10.2. The molecule has 3 heteroatoms. The molecule has 0 amide bonds. The van der Waals surface area contributed by atoms with Gasteiger partial charge >= 0.3 is 5.97 Å². The number of hydrogen-bond acceptors (Lipinski definition) is 3. The van der Waals surface area contributed by atoms with E-state index in [1.54, 1.807) is 12.2 Å². The summed E-state index contributed by atoms with van der Waals surface area (Å²) >= 11 is 0. The second kappa shape index (κ2) is 5.40. The number of ether oxygens (including phenoxy) is 2. The van der Waals surface area contributed by atoms with Gasteiger partial charge in [-0.3, -0.25) is 0 Å². The van der Waals surface area contributed by atoms with Crippen molar-refractivity contribution < 1.29 is 14.3 Å². The van der Waals surface area contributed by atoms with Crippen LogP contribution in [0.2, 0.25) is 0 Å². The van der Waals surface area contributed by atoms with E-state index in [9.17, 15) is 4.79 Å². The van der Waals surface area contributed by atoms with Crippen LogP contribution in [0.4, 0.5) is 0 Å². The van der Waals surface area contributed by atoms with Gasteiger partial charge in [-0.25, -0.2) is 4.79 Å². The van der Waals surface area contributed by atoms with Crippen LogP contribution in [0.1, 0.15) is 6.42 Å². The number of carbonyl (C=O) groups excluding carboxylic acids is 1. The van der Waals surface area contributed by atoms with Crippen LogP contribution in [-0.4, -0.2) is 25.3 Å². The zero-order chi connectivity index (χ0) is 10.4. The maximum absolute atomic E-state index is 11.2. The Morgan fingerprint density at radius 2 is 2.36 bits per heavy atom. The lowest BCUT2D eigenvalue weighted by Gasteiger charge is -2.02. The summed E-state index contributed by atoms with van der Waals surface area (Å²) in [6.07, 6.45) is 5.83. The first-order chi connectivity index (χ1) is 6.74. The van der Waals surface area contributed by atoms with Crippen molar-refractivity contribution in [2.75, 3.05) is 13.2 Å². The van der Waals surface area contributed by atoms with Crippen molar-refractivity contribution in [2.24, 2.45) is 0 Å². The molecule has 0 bridgehead atoms. The quantitative estimate of drug-likeness (QED) is 0.279. The highest BCUT2D eigenvalue weighted by Gasteiger charge is 2.24. The first kappa shape index (κ1) is 10.7. The van der Waals surface area contributed by atoms with E-state index in [2.05, 4.69) is 13.2 Å². The van der Waals surface area contributed by atoms with Gasteiger partial charge < -0.3 is 9.47 Å². The molecule has 0 aromatic heterocycles. The molecule has 0 N–H and O–H groups in total. The Balaban J connectivity index is 2.17. The van der Waals surface area contributed by atoms with Crippen molar-refractivity contribution in [3.05, 3.63) is 37.0 Å². The highest BCUT2D eigenvalue weighted by atomic mass is 16.6. The molecule has 1 aliphatic rings. The third kappa shape index (κ3) is 4.05. The number of hydrogen-bond donors (Lipinski definition) is 0. The van der Waals surface area contributed by atoms with E-state index in [4.69, 9.17) is 9.47 Å². The molecule has 14 heavy (non-hydrogen) atoms. The third-order valence-electron chi connectivity index (χ3n) is 1.73. The Morgan fingerprint density at radius 1 is 1.64 bits per heavy atom. The van der Waals surface area contributed by atoms with Crippen molar-refractivity contribution in [1.29, 1.82) is 0 Å². The fourth-order valence-electron chi connectivity index (χ4n) is 0.825. The molecule has 1 heterocycles. The Hall–Kier alpha value is -1.35. The van der Waals surface area contributed by atoms with Gasteiger partial charge in [-0.15, -0.1) is 0 Å². The van der Waals surface area contributed by atoms with Crippen LogP contribution in [0, 0.1) is 0 Å². The van der Waals surface area contributed by atoms with Gasteiger partial charge in [0.25, 0.3) is 0 Å². The van der Waals surface area contributed by atoms with E-state index in [0.29, 0.717) is 25.2 Å². The summed E-state index contributed by atoms with van der Waals surface area (Å²) in [5.41, 5.74) is 0.448. The summed E-state index contributed by atoms with van der Waals surface area (Å²) in [5.74, 6) is -0.353. The van der Waals surface area contributed by atoms with Crippen LogP contribution in [0.15, 0.2) is 37.0 Å². The summed E-state index contributed by atoms with van der Waals surface area (Å²) < 4.78 is 9.84. The minimum absolute atomic E-state index is 0.107. The molecule has 1 fully saturated rings. The van der Waals surface area contributed by atoms with Crippen LogP contribution < -0.4 is 0 Å². The van der Waals surface area contributed by atoms with E-state index in [1.807, 2.05) is 6.08 Å². The number of epoxide rings is 1. The Kier molecular flexibility index (Phi) is 4.13. The molecule has 1 atom stereocenters. The summed E-state index contributed by atoms with van der Waals surface area (Å²) in [6, 6.07) is 0. The number of rotatable bonds is 6. The molecule has 1 aliphatic heterocycles. The highest BCUT2D eigenvalue weighted by molar-refractivity contribution is 5.88. The van der Waals surface area contributed by atoms with Gasteiger partial charge in [0.05, 0.1) is 6.61 Å². The van der Waals surface area contributed by atoms with E-state index >= 15 is 0 Å². The molecule has 3 nitrogen and oxygen atoms in total. The van der Waals surface area contributed by atoms with Gasteiger partial charge in [0, 0.05) is 5.57 Å². The lowest BCUT2D eigenvalue weighted by Crippen LogP contribution is -2.11. The standard InChI is InChI=1S/C11H14O3/c1-3-4-5-6-9(2)11(12)14-8-10-7-13-10/h3-5,10H,1-2,6-8H2. The molecule has 76 valence electrons. The molecular weight excluding hydrogens is 180 g/mol. The predicted molar refractivity (Wildman–Crippen MR) is 53.8 cm³/mol. The van der Waals surface area contributed by atoms with Gasteiger partial charge in [-0.1, -0.05) is 31.4 Å². The van der Waals surface area contributed by atoms with E-state index in [1.165, 1.54) is 0 Å². The van der Waals surface area contributed by atoms with Gasteiger partial charge in [0.1, 0.15) is 12.7 Å². The molecule has 0 saturated carbocycles. The fourth-order valence-corrected chi connectivity index (χ4v) is 0.825. The van der Waals surface area contributed by atoms with Gasteiger partial charge in [0.15, 0.2) is 0 Å². The van der Waals surface area contributed by atoms with Crippen LogP contribution in [0.3, 0.4) is 0 Å². The fraction of sp³-hybridized carbons (Fsp3) is 0.364. The first-order valence-corrected chi connectivity index (χ1v) is 4.48. The number of allylic oxidation sites excluding steroid dienone is 3. The maximum Gasteiger partial charge on any atom is 0.333 e. The average molecular weight is 194 g/mol. The zero-order valence-corrected chi connectivity index (χ0v) is 8.07. The topological polar surface area (TPSA) is 38.8 Å².